The van der Waals surface area contributed by atoms with E-state index >= 15 is 0 Å². The highest BCUT2D eigenvalue weighted by atomic mass is 35.5. The standard InChI is InChI=1S/C8H7N3O2.ClH/c1-5-6(7(12)13)11-4-2-3-9-8(11)10-5;/h2-4H,1H3,(H,12,13);1H. The van der Waals surface area contributed by atoms with Crippen molar-refractivity contribution in [2.45, 2.75) is 6.92 Å². The quantitative estimate of drug-likeness (QED) is 0.772. The second kappa shape index (κ2) is 3.63. The van der Waals surface area contributed by atoms with Crippen LogP contribution in [-0.4, -0.2) is 25.4 Å². The van der Waals surface area contributed by atoms with E-state index in [0.717, 1.165) is 0 Å². The van der Waals surface area contributed by atoms with Crippen LogP contribution in [0.15, 0.2) is 18.5 Å². The van der Waals surface area contributed by atoms with E-state index in [1.807, 2.05) is 0 Å². The Morgan fingerprint density at radius 2 is 2.29 bits per heavy atom. The first-order chi connectivity index (χ1) is 6.20. The first kappa shape index (κ1) is 10.5. The Labute approximate surface area is 85.8 Å². The topological polar surface area (TPSA) is 67.5 Å². The van der Waals surface area contributed by atoms with Crippen molar-refractivity contribution in [3.8, 4) is 0 Å². The van der Waals surface area contributed by atoms with Gasteiger partial charge in [0.25, 0.3) is 0 Å². The van der Waals surface area contributed by atoms with Crippen LogP contribution in [0.3, 0.4) is 0 Å². The van der Waals surface area contributed by atoms with E-state index in [-0.39, 0.29) is 18.1 Å². The van der Waals surface area contributed by atoms with Crippen LogP contribution < -0.4 is 0 Å². The number of fused-ring (bicyclic) bond motifs is 1. The molecule has 14 heavy (non-hydrogen) atoms. The molecule has 0 saturated heterocycles. The summed E-state index contributed by atoms with van der Waals surface area (Å²) in [7, 11) is 0. The maximum atomic E-state index is 10.8. The van der Waals surface area contributed by atoms with Gasteiger partial charge < -0.3 is 5.11 Å². The molecule has 0 aromatic carbocycles. The highest BCUT2D eigenvalue weighted by Gasteiger charge is 2.14. The summed E-state index contributed by atoms with van der Waals surface area (Å²) in [5.74, 6) is -0.574. The second-order valence-electron chi connectivity index (χ2n) is 2.64. The van der Waals surface area contributed by atoms with Gasteiger partial charge in [-0.3, -0.25) is 4.40 Å². The van der Waals surface area contributed by atoms with Gasteiger partial charge in [-0.25, -0.2) is 14.8 Å². The van der Waals surface area contributed by atoms with Crippen LogP contribution in [-0.2, 0) is 0 Å². The minimum Gasteiger partial charge on any atom is -0.477 e. The number of carboxylic acid groups (broad SMARTS) is 1. The van der Waals surface area contributed by atoms with Gasteiger partial charge in [-0.15, -0.1) is 12.4 Å². The molecular formula is C8H8ClN3O2. The number of carbonyl (C=O) groups is 1. The smallest absolute Gasteiger partial charge is 0.354 e. The van der Waals surface area contributed by atoms with Crippen LogP contribution >= 0.6 is 12.4 Å². The summed E-state index contributed by atoms with van der Waals surface area (Å²) in [6.07, 6.45) is 3.21. The van der Waals surface area contributed by atoms with Gasteiger partial charge in [-0.2, -0.15) is 0 Å². The van der Waals surface area contributed by atoms with Crippen molar-refractivity contribution in [2.24, 2.45) is 0 Å². The lowest BCUT2D eigenvalue weighted by atomic mass is 10.3. The third-order valence-electron chi connectivity index (χ3n) is 1.78. The molecule has 2 rings (SSSR count). The van der Waals surface area contributed by atoms with Crippen molar-refractivity contribution < 1.29 is 9.90 Å². The van der Waals surface area contributed by atoms with Gasteiger partial charge in [0.2, 0.25) is 5.78 Å². The van der Waals surface area contributed by atoms with Gasteiger partial charge in [-0.1, -0.05) is 0 Å². The fourth-order valence-corrected chi connectivity index (χ4v) is 1.26. The molecule has 0 aliphatic rings. The summed E-state index contributed by atoms with van der Waals surface area (Å²) in [6, 6.07) is 1.67. The lowest BCUT2D eigenvalue weighted by molar-refractivity contribution is 0.0688. The van der Waals surface area contributed by atoms with Crippen LogP contribution in [0.4, 0.5) is 0 Å². The maximum Gasteiger partial charge on any atom is 0.354 e. The zero-order valence-corrected chi connectivity index (χ0v) is 8.15. The number of nitrogens with zero attached hydrogens (tertiary/aromatic N) is 3. The predicted molar refractivity (Wildman–Crippen MR) is 51.9 cm³/mol. The van der Waals surface area contributed by atoms with E-state index in [0.29, 0.717) is 11.5 Å². The average molecular weight is 214 g/mol. The molecule has 0 unspecified atom stereocenters. The molecule has 0 radical (unpaired) electrons. The number of aromatic nitrogens is 3. The minimum absolute atomic E-state index is 0. The van der Waals surface area contributed by atoms with Crippen molar-refractivity contribution in [1.82, 2.24) is 14.4 Å². The molecule has 0 spiro atoms. The largest absolute Gasteiger partial charge is 0.477 e. The molecule has 0 aliphatic carbocycles. The normalized spacial score (nSPS) is 9.79. The first-order valence-corrected chi connectivity index (χ1v) is 3.73. The highest BCUT2D eigenvalue weighted by Crippen LogP contribution is 2.08. The average Bonchev–Trinajstić information content (AvgIpc) is 2.39. The Kier molecular flexibility index (Phi) is 2.71. The van der Waals surface area contributed by atoms with Crippen LogP contribution in [0.5, 0.6) is 0 Å². The fourth-order valence-electron chi connectivity index (χ4n) is 1.26. The molecule has 0 aliphatic heterocycles. The van der Waals surface area contributed by atoms with Gasteiger partial charge in [0.05, 0.1) is 5.69 Å². The Morgan fingerprint density at radius 1 is 1.57 bits per heavy atom. The van der Waals surface area contributed by atoms with Crippen molar-refractivity contribution >= 4 is 24.2 Å². The Balaban J connectivity index is 0.000000980. The summed E-state index contributed by atoms with van der Waals surface area (Å²) in [6.45, 7) is 1.65. The number of aryl methyl sites for hydroxylation is 1. The number of carboxylic acids is 1. The van der Waals surface area contributed by atoms with Crippen LogP contribution in [0.1, 0.15) is 16.2 Å². The maximum absolute atomic E-state index is 10.8. The third kappa shape index (κ3) is 1.42. The SMILES string of the molecule is Cc1nc2ncccn2c1C(=O)O.Cl. The van der Waals surface area contributed by atoms with Gasteiger partial charge in [0.1, 0.15) is 0 Å². The molecule has 2 heterocycles. The Hall–Kier alpha value is -1.62. The van der Waals surface area contributed by atoms with Crippen molar-refractivity contribution in [3.63, 3.8) is 0 Å². The molecular weight excluding hydrogens is 206 g/mol. The molecule has 2 aromatic heterocycles. The minimum atomic E-state index is -0.988. The van der Waals surface area contributed by atoms with Crippen LogP contribution in [0, 0.1) is 6.92 Å². The zero-order valence-electron chi connectivity index (χ0n) is 7.34. The van der Waals surface area contributed by atoms with E-state index in [1.54, 1.807) is 25.4 Å². The Morgan fingerprint density at radius 3 is 2.93 bits per heavy atom. The number of rotatable bonds is 1. The fraction of sp³-hybridized carbons (Fsp3) is 0.125. The summed E-state index contributed by atoms with van der Waals surface area (Å²) >= 11 is 0. The Bertz CT molecular complexity index is 480. The van der Waals surface area contributed by atoms with E-state index in [9.17, 15) is 4.79 Å². The predicted octanol–water partition coefficient (Wildman–Crippen LogP) is 1.16. The molecule has 2 aromatic rings. The zero-order chi connectivity index (χ0) is 9.42. The first-order valence-electron chi connectivity index (χ1n) is 3.73. The summed E-state index contributed by atoms with van der Waals surface area (Å²) in [5.41, 5.74) is 0.648. The van der Waals surface area contributed by atoms with Gasteiger partial charge in [-0.05, 0) is 13.0 Å². The number of imidazole rings is 1. The van der Waals surface area contributed by atoms with E-state index in [4.69, 9.17) is 5.11 Å². The van der Waals surface area contributed by atoms with E-state index < -0.39 is 5.97 Å². The molecule has 0 fully saturated rings. The molecule has 0 atom stereocenters. The van der Waals surface area contributed by atoms with Gasteiger partial charge in [0, 0.05) is 12.4 Å². The molecule has 0 bridgehead atoms. The summed E-state index contributed by atoms with van der Waals surface area (Å²) < 4.78 is 1.46. The number of aromatic carboxylic acids is 1. The van der Waals surface area contributed by atoms with Crippen molar-refractivity contribution in [2.75, 3.05) is 0 Å². The lowest BCUT2D eigenvalue weighted by Crippen LogP contribution is -2.03. The van der Waals surface area contributed by atoms with Crippen molar-refractivity contribution in [1.29, 1.82) is 0 Å². The molecule has 74 valence electrons. The highest BCUT2D eigenvalue weighted by molar-refractivity contribution is 5.88. The molecule has 0 saturated carbocycles. The van der Waals surface area contributed by atoms with E-state index in [1.165, 1.54) is 4.40 Å². The van der Waals surface area contributed by atoms with Crippen LogP contribution in [0.25, 0.3) is 5.78 Å². The van der Waals surface area contributed by atoms with Gasteiger partial charge in [0.15, 0.2) is 5.69 Å². The molecule has 5 nitrogen and oxygen atoms in total. The molecule has 6 heteroatoms. The lowest BCUT2D eigenvalue weighted by Gasteiger charge is -1.94. The molecule has 1 N–H and O–H groups in total. The van der Waals surface area contributed by atoms with E-state index in [2.05, 4.69) is 9.97 Å². The molecule has 0 amide bonds. The monoisotopic (exact) mass is 213 g/mol. The van der Waals surface area contributed by atoms with Gasteiger partial charge >= 0.3 is 5.97 Å². The summed E-state index contributed by atoms with van der Waals surface area (Å²) in [5, 5.41) is 8.86. The number of hydrogen-bond donors (Lipinski definition) is 1. The third-order valence-corrected chi connectivity index (χ3v) is 1.78. The number of halogens is 1. The van der Waals surface area contributed by atoms with Crippen molar-refractivity contribution in [3.05, 3.63) is 29.8 Å². The number of hydrogen-bond acceptors (Lipinski definition) is 3. The summed E-state index contributed by atoms with van der Waals surface area (Å²) in [4.78, 5) is 18.7. The van der Waals surface area contributed by atoms with Crippen LogP contribution in [0.2, 0.25) is 0 Å². The second-order valence-corrected chi connectivity index (χ2v) is 2.64.